The van der Waals surface area contributed by atoms with E-state index < -0.39 is 6.16 Å². The number of carbonyl (C=O) groups is 1. The summed E-state index contributed by atoms with van der Waals surface area (Å²) in [7, 11) is 0. The van der Waals surface area contributed by atoms with Crippen LogP contribution < -0.4 is 4.74 Å². The molecule has 0 aromatic carbocycles. The first-order chi connectivity index (χ1) is 4.29. The predicted molar refractivity (Wildman–Crippen MR) is 28.6 cm³/mol. The standard InChI is InChI=1S/C3H2N2O3S/c6-3(7)8-2-1-9-5-4-2/h1H,(H,6,7). The van der Waals surface area contributed by atoms with Crippen LogP contribution in [-0.4, -0.2) is 20.8 Å². The van der Waals surface area contributed by atoms with Crippen molar-refractivity contribution in [3.63, 3.8) is 0 Å². The van der Waals surface area contributed by atoms with Gasteiger partial charge in [-0.2, -0.15) is 0 Å². The van der Waals surface area contributed by atoms with Crippen molar-refractivity contribution in [1.29, 1.82) is 0 Å². The van der Waals surface area contributed by atoms with Crippen LogP contribution in [0.4, 0.5) is 4.79 Å². The molecule has 9 heavy (non-hydrogen) atoms. The lowest BCUT2D eigenvalue weighted by Crippen LogP contribution is -2.02. The highest BCUT2D eigenvalue weighted by Gasteiger charge is 2.00. The minimum absolute atomic E-state index is 0.0208. The van der Waals surface area contributed by atoms with E-state index >= 15 is 0 Å². The molecule has 0 saturated heterocycles. The summed E-state index contributed by atoms with van der Waals surface area (Å²) in [5, 5.41) is 12.7. The molecule has 0 bridgehead atoms. The number of aromatic nitrogens is 2. The Hall–Kier alpha value is -1.17. The lowest BCUT2D eigenvalue weighted by Gasteiger charge is -1.87. The lowest BCUT2D eigenvalue weighted by molar-refractivity contribution is 0.142. The summed E-state index contributed by atoms with van der Waals surface area (Å²) in [6.45, 7) is 0. The van der Waals surface area contributed by atoms with Gasteiger partial charge in [-0.1, -0.05) is 9.59 Å². The third-order valence-corrected chi connectivity index (χ3v) is 1.01. The first-order valence-corrected chi connectivity index (χ1v) is 2.80. The van der Waals surface area contributed by atoms with E-state index in [1.807, 2.05) is 0 Å². The lowest BCUT2D eigenvalue weighted by atomic mass is 10.9. The fourth-order valence-electron chi connectivity index (χ4n) is 0.290. The number of carboxylic acid groups (broad SMARTS) is 1. The molecule has 0 amide bonds. The number of hydrogen-bond donors (Lipinski definition) is 1. The SMILES string of the molecule is O=C(O)Oc1csnn1. The zero-order valence-electron chi connectivity index (χ0n) is 4.14. The molecule has 0 aliphatic rings. The monoisotopic (exact) mass is 146 g/mol. The van der Waals surface area contributed by atoms with Crippen molar-refractivity contribution in [2.75, 3.05) is 0 Å². The van der Waals surface area contributed by atoms with Gasteiger partial charge < -0.3 is 9.84 Å². The van der Waals surface area contributed by atoms with Crippen molar-refractivity contribution in [3.05, 3.63) is 5.38 Å². The number of nitrogens with zero attached hydrogens (tertiary/aromatic N) is 2. The van der Waals surface area contributed by atoms with E-state index in [4.69, 9.17) is 5.11 Å². The number of hydrogen-bond acceptors (Lipinski definition) is 5. The number of ether oxygens (including phenoxy) is 1. The molecule has 0 spiro atoms. The number of rotatable bonds is 1. The van der Waals surface area contributed by atoms with Gasteiger partial charge >= 0.3 is 6.16 Å². The summed E-state index contributed by atoms with van der Waals surface area (Å²) in [6.07, 6.45) is -1.37. The molecule has 1 heterocycles. The third-order valence-electron chi connectivity index (χ3n) is 0.532. The second kappa shape index (κ2) is 2.40. The molecule has 5 nitrogen and oxygen atoms in total. The van der Waals surface area contributed by atoms with Gasteiger partial charge in [0.1, 0.15) is 0 Å². The Kier molecular flexibility index (Phi) is 1.59. The van der Waals surface area contributed by atoms with Crippen LogP contribution in [0.3, 0.4) is 0 Å². The van der Waals surface area contributed by atoms with E-state index in [0.29, 0.717) is 0 Å². The zero-order chi connectivity index (χ0) is 6.69. The normalized spacial score (nSPS) is 8.89. The molecule has 0 atom stereocenters. The van der Waals surface area contributed by atoms with Crippen LogP contribution in [0.2, 0.25) is 0 Å². The summed E-state index contributed by atoms with van der Waals surface area (Å²) in [6, 6.07) is 0. The second-order valence-electron chi connectivity index (χ2n) is 1.11. The topological polar surface area (TPSA) is 72.3 Å². The highest BCUT2D eigenvalue weighted by molar-refractivity contribution is 7.03. The molecular weight excluding hydrogens is 144 g/mol. The van der Waals surface area contributed by atoms with Crippen molar-refractivity contribution in [2.24, 2.45) is 0 Å². The van der Waals surface area contributed by atoms with Crippen LogP contribution in [0.15, 0.2) is 5.38 Å². The van der Waals surface area contributed by atoms with Crippen molar-refractivity contribution in [1.82, 2.24) is 9.59 Å². The molecule has 48 valence electrons. The summed E-state index contributed by atoms with van der Waals surface area (Å²) >= 11 is 1.03. The Balaban J connectivity index is 2.58. The van der Waals surface area contributed by atoms with Gasteiger partial charge in [0.05, 0.1) is 5.38 Å². The average molecular weight is 146 g/mol. The van der Waals surface area contributed by atoms with Crippen LogP contribution in [-0.2, 0) is 0 Å². The van der Waals surface area contributed by atoms with Crippen LogP contribution >= 0.6 is 11.5 Å². The van der Waals surface area contributed by atoms with Crippen molar-refractivity contribution in [3.8, 4) is 5.88 Å². The van der Waals surface area contributed by atoms with Gasteiger partial charge in [-0.3, -0.25) is 0 Å². The molecule has 1 rings (SSSR count). The first kappa shape index (κ1) is 5.96. The molecule has 0 aliphatic heterocycles. The van der Waals surface area contributed by atoms with Gasteiger partial charge in [0.25, 0.3) is 5.88 Å². The summed E-state index contributed by atoms with van der Waals surface area (Å²) in [5.74, 6) is 0.0208. The molecule has 0 fully saturated rings. The molecule has 1 N–H and O–H groups in total. The van der Waals surface area contributed by atoms with E-state index in [2.05, 4.69) is 14.3 Å². The van der Waals surface area contributed by atoms with E-state index in [1.54, 1.807) is 0 Å². The van der Waals surface area contributed by atoms with Gasteiger partial charge in [-0.25, -0.2) is 4.79 Å². The largest absolute Gasteiger partial charge is 0.512 e. The third kappa shape index (κ3) is 1.65. The maximum atomic E-state index is 9.78. The molecule has 1 aromatic heterocycles. The highest BCUT2D eigenvalue weighted by atomic mass is 32.1. The molecule has 0 saturated carbocycles. The predicted octanol–water partition coefficient (Wildman–Crippen LogP) is 0.595. The highest BCUT2D eigenvalue weighted by Crippen LogP contribution is 2.05. The Morgan fingerprint density at radius 3 is 3.11 bits per heavy atom. The Morgan fingerprint density at radius 1 is 1.89 bits per heavy atom. The summed E-state index contributed by atoms with van der Waals surface area (Å²) in [5.41, 5.74) is 0. The molecular formula is C3H2N2O3S. The second-order valence-corrected chi connectivity index (χ2v) is 1.72. The minimum atomic E-state index is -1.37. The molecule has 6 heteroatoms. The van der Waals surface area contributed by atoms with Crippen LogP contribution in [0, 0.1) is 0 Å². The van der Waals surface area contributed by atoms with Crippen LogP contribution in [0.25, 0.3) is 0 Å². The smallest absolute Gasteiger partial charge is 0.449 e. The summed E-state index contributed by atoms with van der Waals surface area (Å²) in [4.78, 5) is 9.78. The van der Waals surface area contributed by atoms with Gasteiger partial charge in [0, 0.05) is 0 Å². The van der Waals surface area contributed by atoms with Gasteiger partial charge in [0.15, 0.2) is 0 Å². The minimum Gasteiger partial charge on any atom is -0.449 e. The van der Waals surface area contributed by atoms with Crippen molar-refractivity contribution < 1.29 is 14.6 Å². The molecule has 0 aliphatic carbocycles. The molecule has 1 aromatic rings. The van der Waals surface area contributed by atoms with Crippen LogP contribution in [0.5, 0.6) is 5.88 Å². The van der Waals surface area contributed by atoms with E-state index in [-0.39, 0.29) is 5.88 Å². The first-order valence-electron chi connectivity index (χ1n) is 1.97. The fraction of sp³-hybridized carbons (Fsp3) is 0. The van der Waals surface area contributed by atoms with Gasteiger partial charge in [-0.05, 0) is 11.5 Å². The van der Waals surface area contributed by atoms with E-state index in [9.17, 15) is 4.79 Å². The Bertz CT molecular complexity index is 197. The Morgan fingerprint density at radius 2 is 2.67 bits per heavy atom. The summed E-state index contributed by atoms with van der Waals surface area (Å²) < 4.78 is 7.49. The van der Waals surface area contributed by atoms with Crippen molar-refractivity contribution in [2.45, 2.75) is 0 Å². The molecule has 0 radical (unpaired) electrons. The zero-order valence-corrected chi connectivity index (χ0v) is 4.96. The van der Waals surface area contributed by atoms with E-state index in [1.165, 1.54) is 5.38 Å². The van der Waals surface area contributed by atoms with E-state index in [0.717, 1.165) is 11.5 Å². The Labute approximate surface area is 54.1 Å². The maximum absolute atomic E-state index is 9.78. The van der Waals surface area contributed by atoms with Crippen LogP contribution in [0.1, 0.15) is 0 Å². The van der Waals surface area contributed by atoms with Gasteiger partial charge in [0.2, 0.25) is 0 Å². The molecule has 0 unspecified atom stereocenters. The quantitative estimate of drug-likeness (QED) is 0.587. The fourth-order valence-corrected chi connectivity index (χ4v) is 0.650. The average Bonchev–Trinajstić information content (AvgIpc) is 2.15. The van der Waals surface area contributed by atoms with Crippen molar-refractivity contribution >= 4 is 17.7 Å². The maximum Gasteiger partial charge on any atom is 0.512 e. The van der Waals surface area contributed by atoms with Gasteiger partial charge in [-0.15, -0.1) is 0 Å².